The Bertz CT molecular complexity index is 796. The summed E-state index contributed by atoms with van der Waals surface area (Å²) in [6.45, 7) is 1.84. The molecule has 3 aromatic rings. The van der Waals surface area contributed by atoms with Crippen molar-refractivity contribution in [1.29, 1.82) is 0 Å². The number of benzene rings is 2. The number of aromatic nitrogens is 4. The van der Waals surface area contributed by atoms with Gasteiger partial charge in [-0.2, -0.15) is 4.80 Å². The number of piperidine rings is 1. The second-order valence-electron chi connectivity index (χ2n) is 6.00. The number of rotatable bonds is 3. The Morgan fingerprint density at radius 3 is 2.91 bits per heavy atom. The average molecular weight is 311 g/mol. The molecule has 23 heavy (non-hydrogen) atoms. The van der Waals surface area contributed by atoms with E-state index in [0.717, 1.165) is 31.3 Å². The fourth-order valence-electron chi connectivity index (χ4n) is 3.50. The van der Waals surface area contributed by atoms with E-state index in [1.54, 1.807) is 4.80 Å². The monoisotopic (exact) mass is 311 g/mol. The Labute approximate surface area is 133 Å². The van der Waals surface area contributed by atoms with E-state index in [4.69, 9.17) is 0 Å². The van der Waals surface area contributed by atoms with E-state index >= 15 is 4.39 Å². The van der Waals surface area contributed by atoms with Crippen LogP contribution in [0.15, 0.2) is 42.7 Å². The highest BCUT2D eigenvalue weighted by atomic mass is 19.1. The van der Waals surface area contributed by atoms with Crippen molar-refractivity contribution in [2.45, 2.75) is 18.9 Å². The molecular weight excluding hydrogens is 293 g/mol. The Morgan fingerprint density at radius 1 is 1.22 bits per heavy atom. The molecule has 2 heterocycles. The van der Waals surface area contributed by atoms with E-state index in [1.807, 2.05) is 36.4 Å². The van der Waals surface area contributed by atoms with Crippen molar-refractivity contribution >= 4 is 10.8 Å². The minimum Gasteiger partial charge on any atom is -0.316 e. The van der Waals surface area contributed by atoms with Crippen LogP contribution in [0.4, 0.5) is 4.39 Å². The van der Waals surface area contributed by atoms with Gasteiger partial charge < -0.3 is 5.32 Å². The predicted octanol–water partition coefficient (Wildman–Crippen LogP) is 2.55. The lowest BCUT2D eigenvalue weighted by Gasteiger charge is -2.30. The molecule has 1 fully saturated rings. The van der Waals surface area contributed by atoms with Gasteiger partial charge in [0.25, 0.3) is 0 Å². The molecule has 1 aliphatic rings. The third-order valence-electron chi connectivity index (χ3n) is 4.61. The fourth-order valence-corrected chi connectivity index (χ4v) is 3.50. The Hall–Kier alpha value is -2.34. The van der Waals surface area contributed by atoms with Crippen molar-refractivity contribution in [2.75, 3.05) is 13.1 Å². The molecule has 4 rings (SSSR count). The summed E-state index contributed by atoms with van der Waals surface area (Å²) in [5.41, 5.74) is 0.635. The van der Waals surface area contributed by atoms with Gasteiger partial charge in [-0.15, -0.1) is 10.2 Å². The first kappa shape index (κ1) is 14.3. The number of halogens is 1. The van der Waals surface area contributed by atoms with E-state index in [9.17, 15) is 0 Å². The quantitative estimate of drug-likeness (QED) is 0.807. The number of nitrogens with one attached hydrogen (secondary N) is 1. The van der Waals surface area contributed by atoms with Crippen LogP contribution in [0.2, 0.25) is 0 Å². The van der Waals surface area contributed by atoms with Crippen LogP contribution < -0.4 is 5.32 Å². The van der Waals surface area contributed by atoms with E-state index in [2.05, 4.69) is 20.7 Å². The van der Waals surface area contributed by atoms with Crippen LogP contribution in [0.25, 0.3) is 10.8 Å². The molecule has 1 N–H and O–H groups in total. The van der Waals surface area contributed by atoms with E-state index in [0.29, 0.717) is 10.9 Å². The molecule has 0 spiro atoms. The summed E-state index contributed by atoms with van der Waals surface area (Å²) in [7, 11) is 0. The van der Waals surface area contributed by atoms with Gasteiger partial charge in [-0.05, 0) is 35.9 Å². The molecule has 0 radical (unpaired) electrons. The van der Waals surface area contributed by atoms with Gasteiger partial charge in [0.15, 0.2) is 6.33 Å². The summed E-state index contributed by atoms with van der Waals surface area (Å²) < 4.78 is 15.2. The van der Waals surface area contributed by atoms with Crippen LogP contribution in [0, 0.1) is 11.7 Å². The van der Waals surface area contributed by atoms with E-state index in [-0.39, 0.29) is 17.8 Å². The first-order valence-corrected chi connectivity index (χ1v) is 7.95. The maximum absolute atomic E-state index is 15.2. The lowest BCUT2D eigenvalue weighted by Crippen LogP contribution is -2.36. The maximum Gasteiger partial charge on any atom is 0.162 e. The molecule has 0 aliphatic carbocycles. The number of fused-ring (bicyclic) bond motifs is 1. The minimum absolute atomic E-state index is 0.184. The molecule has 0 bridgehead atoms. The van der Waals surface area contributed by atoms with Gasteiger partial charge >= 0.3 is 0 Å². The topological polar surface area (TPSA) is 55.6 Å². The van der Waals surface area contributed by atoms with E-state index in [1.165, 1.54) is 6.33 Å². The zero-order chi connectivity index (χ0) is 15.6. The highest BCUT2D eigenvalue weighted by Crippen LogP contribution is 2.34. The zero-order valence-electron chi connectivity index (χ0n) is 12.7. The second-order valence-corrected chi connectivity index (χ2v) is 6.00. The summed E-state index contributed by atoms with van der Waals surface area (Å²) in [4.78, 5) is 1.55. The van der Waals surface area contributed by atoms with Gasteiger partial charge in [-0.3, -0.25) is 0 Å². The van der Waals surface area contributed by atoms with Crippen LogP contribution in [0.3, 0.4) is 0 Å². The Balaban J connectivity index is 1.84. The molecule has 0 amide bonds. The van der Waals surface area contributed by atoms with Gasteiger partial charge in [0, 0.05) is 17.5 Å². The molecule has 6 heteroatoms. The molecule has 2 aromatic carbocycles. The van der Waals surface area contributed by atoms with Crippen molar-refractivity contribution in [3.8, 4) is 0 Å². The maximum atomic E-state index is 15.2. The zero-order valence-corrected chi connectivity index (χ0v) is 12.7. The van der Waals surface area contributed by atoms with Crippen molar-refractivity contribution in [3.05, 3.63) is 54.1 Å². The molecule has 1 aliphatic heterocycles. The predicted molar refractivity (Wildman–Crippen MR) is 85.5 cm³/mol. The van der Waals surface area contributed by atoms with Crippen molar-refractivity contribution in [1.82, 2.24) is 25.5 Å². The summed E-state index contributed by atoms with van der Waals surface area (Å²) in [6.07, 6.45) is 3.50. The third-order valence-corrected chi connectivity index (χ3v) is 4.61. The smallest absolute Gasteiger partial charge is 0.162 e. The standard InChI is InChI=1S/C17H18FN5/c18-16-14-6-2-1-4-12(14)7-8-15(16)17(23-21-11-20-22-23)13-5-3-9-19-10-13/h1-2,4,6-8,11,13,17,19H,3,5,9-10H2. The van der Waals surface area contributed by atoms with Crippen LogP contribution in [-0.4, -0.2) is 33.3 Å². The Morgan fingerprint density at radius 2 is 2.13 bits per heavy atom. The van der Waals surface area contributed by atoms with Crippen LogP contribution >= 0.6 is 0 Å². The largest absolute Gasteiger partial charge is 0.316 e. The Kier molecular flexibility index (Phi) is 3.75. The highest BCUT2D eigenvalue weighted by Gasteiger charge is 2.30. The molecular formula is C17H18FN5. The summed E-state index contributed by atoms with van der Waals surface area (Å²) in [6, 6.07) is 11.1. The van der Waals surface area contributed by atoms with Gasteiger partial charge in [0.2, 0.25) is 0 Å². The van der Waals surface area contributed by atoms with Crippen LogP contribution in [0.5, 0.6) is 0 Å². The van der Waals surface area contributed by atoms with Gasteiger partial charge in [-0.25, -0.2) is 4.39 Å². The molecule has 118 valence electrons. The highest BCUT2D eigenvalue weighted by molar-refractivity contribution is 5.83. The normalized spacial score (nSPS) is 19.8. The second kappa shape index (κ2) is 6.04. The summed E-state index contributed by atoms with van der Waals surface area (Å²) in [5, 5.41) is 17.0. The third kappa shape index (κ3) is 2.59. The number of tetrazole rings is 1. The minimum atomic E-state index is -0.241. The summed E-state index contributed by atoms with van der Waals surface area (Å²) in [5.74, 6) is 0.0598. The lowest BCUT2D eigenvalue weighted by molar-refractivity contribution is 0.257. The number of hydrogen-bond acceptors (Lipinski definition) is 4. The van der Waals surface area contributed by atoms with Crippen LogP contribution in [0.1, 0.15) is 24.4 Å². The van der Waals surface area contributed by atoms with Crippen LogP contribution in [-0.2, 0) is 0 Å². The molecule has 2 atom stereocenters. The number of hydrogen-bond donors (Lipinski definition) is 1. The van der Waals surface area contributed by atoms with Gasteiger partial charge in [0.1, 0.15) is 11.9 Å². The lowest BCUT2D eigenvalue weighted by atomic mass is 9.86. The molecule has 0 saturated carbocycles. The average Bonchev–Trinajstić information content (AvgIpc) is 3.13. The van der Waals surface area contributed by atoms with Crippen molar-refractivity contribution in [3.63, 3.8) is 0 Å². The fraction of sp³-hybridized carbons (Fsp3) is 0.353. The molecule has 1 saturated heterocycles. The van der Waals surface area contributed by atoms with Gasteiger partial charge in [-0.1, -0.05) is 36.4 Å². The molecule has 2 unspecified atom stereocenters. The van der Waals surface area contributed by atoms with E-state index < -0.39 is 0 Å². The summed E-state index contributed by atoms with van der Waals surface area (Å²) >= 11 is 0. The SMILES string of the molecule is Fc1c(C(C2CCCNC2)n2ncnn2)ccc2ccccc12. The van der Waals surface area contributed by atoms with Gasteiger partial charge in [0.05, 0.1) is 0 Å². The van der Waals surface area contributed by atoms with Crippen molar-refractivity contribution in [2.24, 2.45) is 5.92 Å². The van der Waals surface area contributed by atoms with Crippen molar-refractivity contribution < 1.29 is 4.39 Å². The molecule has 1 aromatic heterocycles. The number of nitrogens with zero attached hydrogens (tertiary/aromatic N) is 4. The first-order valence-electron chi connectivity index (χ1n) is 7.95. The first-order chi connectivity index (χ1) is 11.3. The molecule has 5 nitrogen and oxygen atoms in total.